The van der Waals surface area contributed by atoms with E-state index >= 15 is 0 Å². The van der Waals surface area contributed by atoms with Gasteiger partial charge in [-0.15, -0.1) is 0 Å². The van der Waals surface area contributed by atoms with Gasteiger partial charge in [0.1, 0.15) is 5.82 Å². The van der Waals surface area contributed by atoms with Gasteiger partial charge in [0.05, 0.1) is 5.69 Å². The zero-order valence-electron chi connectivity index (χ0n) is 6.86. The fourth-order valence-corrected chi connectivity index (χ4v) is 1.17. The van der Waals surface area contributed by atoms with Gasteiger partial charge in [0.25, 0.3) is 0 Å². The van der Waals surface area contributed by atoms with Gasteiger partial charge in [0.15, 0.2) is 0 Å². The Balaban J connectivity index is 2.51. The van der Waals surface area contributed by atoms with E-state index in [0.717, 1.165) is 11.5 Å². The van der Waals surface area contributed by atoms with Crippen LogP contribution in [-0.4, -0.2) is 9.55 Å². The van der Waals surface area contributed by atoms with Crippen LogP contribution in [-0.2, 0) is 0 Å². The van der Waals surface area contributed by atoms with Gasteiger partial charge in [0, 0.05) is 18.5 Å². The quantitative estimate of drug-likeness (QED) is 0.619. The van der Waals surface area contributed by atoms with Crippen molar-refractivity contribution >= 4 is 0 Å². The van der Waals surface area contributed by atoms with Crippen molar-refractivity contribution in [3.8, 4) is 5.69 Å². The fraction of sp³-hybridized carbons (Fsp3) is 0.100. The number of hydrogen-bond donors (Lipinski definition) is 0. The third-order valence-electron chi connectivity index (χ3n) is 1.78. The maximum absolute atomic E-state index is 4.14. The van der Waals surface area contributed by atoms with Gasteiger partial charge < -0.3 is 4.57 Å². The molecule has 0 aliphatic carbocycles. The Morgan fingerprint density at radius 2 is 2.33 bits per heavy atom. The molecule has 59 valence electrons. The van der Waals surface area contributed by atoms with Crippen LogP contribution in [0.5, 0.6) is 0 Å². The van der Waals surface area contributed by atoms with Crippen molar-refractivity contribution in [1.82, 2.24) is 9.55 Å². The highest BCUT2D eigenvalue weighted by atomic mass is 15.1. The predicted octanol–water partition coefficient (Wildman–Crippen LogP) is 1.98. The highest BCUT2D eigenvalue weighted by Gasteiger charge is 1.97. The maximum Gasteiger partial charge on any atom is 0.110 e. The first-order chi connectivity index (χ1) is 5.88. The van der Waals surface area contributed by atoms with Crippen molar-refractivity contribution in [2.75, 3.05) is 0 Å². The van der Waals surface area contributed by atoms with E-state index in [-0.39, 0.29) is 0 Å². The van der Waals surface area contributed by atoms with Gasteiger partial charge in [0.2, 0.25) is 0 Å². The molecule has 12 heavy (non-hydrogen) atoms. The van der Waals surface area contributed by atoms with Gasteiger partial charge in [-0.2, -0.15) is 0 Å². The summed E-state index contributed by atoms with van der Waals surface area (Å²) in [6, 6.07) is 11.0. The Bertz CT molecular complexity index is 362. The van der Waals surface area contributed by atoms with Crippen LogP contribution in [0.4, 0.5) is 0 Å². The van der Waals surface area contributed by atoms with Gasteiger partial charge in [-0.1, -0.05) is 18.2 Å². The first-order valence-corrected chi connectivity index (χ1v) is 3.85. The lowest BCUT2D eigenvalue weighted by Gasteiger charge is -2.02. The molecular formula is C10H9N2. The Labute approximate surface area is 71.5 Å². The van der Waals surface area contributed by atoms with E-state index in [4.69, 9.17) is 0 Å². The Kier molecular flexibility index (Phi) is 1.67. The minimum absolute atomic E-state index is 0.984. The van der Waals surface area contributed by atoms with E-state index in [0.29, 0.717) is 0 Å². The first-order valence-electron chi connectivity index (χ1n) is 3.85. The summed E-state index contributed by atoms with van der Waals surface area (Å²) in [7, 11) is 0. The minimum Gasteiger partial charge on any atom is -0.303 e. The number of aromatic nitrogens is 2. The lowest BCUT2D eigenvalue weighted by Crippen LogP contribution is -1.94. The molecule has 0 saturated heterocycles. The van der Waals surface area contributed by atoms with Crippen LogP contribution >= 0.6 is 0 Å². The average Bonchev–Trinajstić information content (AvgIpc) is 2.53. The number of para-hydroxylation sites is 1. The van der Waals surface area contributed by atoms with E-state index in [1.165, 1.54) is 0 Å². The van der Waals surface area contributed by atoms with Gasteiger partial charge in [-0.25, -0.2) is 4.98 Å². The Hall–Kier alpha value is -1.57. The molecule has 1 aromatic carbocycles. The average molecular weight is 157 g/mol. The molecule has 0 N–H and O–H groups in total. The van der Waals surface area contributed by atoms with Crippen molar-refractivity contribution in [3.63, 3.8) is 0 Å². The smallest absolute Gasteiger partial charge is 0.110 e. The third-order valence-corrected chi connectivity index (χ3v) is 1.78. The summed E-state index contributed by atoms with van der Waals surface area (Å²) in [6.45, 7) is 1.97. The molecule has 1 aromatic heterocycles. The van der Waals surface area contributed by atoms with Crippen molar-refractivity contribution in [2.24, 2.45) is 0 Å². The molecule has 0 amide bonds. The molecular weight excluding hydrogens is 148 g/mol. The van der Waals surface area contributed by atoms with Crippen molar-refractivity contribution in [1.29, 1.82) is 0 Å². The number of rotatable bonds is 1. The van der Waals surface area contributed by atoms with Crippen LogP contribution in [0.1, 0.15) is 5.82 Å². The van der Waals surface area contributed by atoms with Crippen molar-refractivity contribution in [2.45, 2.75) is 6.92 Å². The number of hydrogen-bond acceptors (Lipinski definition) is 1. The topological polar surface area (TPSA) is 17.8 Å². The maximum atomic E-state index is 4.14. The van der Waals surface area contributed by atoms with Crippen LogP contribution in [0.25, 0.3) is 5.69 Å². The zero-order chi connectivity index (χ0) is 8.39. The molecule has 0 spiro atoms. The van der Waals surface area contributed by atoms with Gasteiger partial charge in [-0.05, 0) is 13.0 Å². The second kappa shape index (κ2) is 2.81. The van der Waals surface area contributed by atoms with E-state index < -0.39 is 0 Å². The van der Waals surface area contributed by atoms with Gasteiger partial charge >= 0.3 is 0 Å². The molecule has 1 radical (unpaired) electrons. The molecule has 2 aromatic rings. The molecule has 0 fully saturated rings. The van der Waals surface area contributed by atoms with Gasteiger partial charge in [-0.3, -0.25) is 0 Å². The summed E-state index contributed by atoms with van der Waals surface area (Å²) in [4.78, 5) is 4.14. The highest BCUT2D eigenvalue weighted by Crippen LogP contribution is 2.07. The van der Waals surface area contributed by atoms with Crippen LogP contribution in [0.2, 0.25) is 0 Å². The summed E-state index contributed by atoms with van der Waals surface area (Å²) in [5.74, 6) is 0.984. The Morgan fingerprint density at radius 1 is 1.42 bits per heavy atom. The number of benzene rings is 1. The summed E-state index contributed by atoms with van der Waals surface area (Å²) in [6.07, 6.45) is 3.72. The zero-order valence-corrected chi connectivity index (χ0v) is 6.86. The van der Waals surface area contributed by atoms with E-state index in [2.05, 4.69) is 11.1 Å². The molecule has 2 nitrogen and oxygen atoms in total. The van der Waals surface area contributed by atoms with Crippen LogP contribution < -0.4 is 0 Å². The summed E-state index contributed by atoms with van der Waals surface area (Å²) in [5, 5.41) is 0. The lowest BCUT2D eigenvalue weighted by molar-refractivity contribution is 0.973. The molecule has 0 unspecified atom stereocenters. The summed E-state index contributed by atoms with van der Waals surface area (Å²) < 4.78 is 2.00. The van der Waals surface area contributed by atoms with Crippen LogP contribution in [0.3, 0.4) is 0 Å². The fourth-order valence-electron chi connectivity index (χ4n) is 1.17. The predicted molar refractivity (Wildman–Crippen MR) is 47.1 cm³/mol. The number of aryl methyl sites for hydroxylation is 1. The number of imidazole rings is 1. The first kappa shape index (κ1) is 7.10. The second-order valence-electron chi connectivity index (χ2n) is 2.59. The molecule has 0 atom stereocenters. The van der Waals surface area contributed by atoms with Crippen LogP contribution in [0.15, 0.2) is 36.7 Å². The molecule has 0 saturated carbocycles. The standard InChI is InChI=1S/C10H9N2/c1-9-11-7-8-12(9)10-5-3-2-4-6-10/h2-5,7-8H,1H3. The Morgan fingerprint density at radius 3 is 2.92 bits per heavy atom. The van der Waals surface area contributed by atoms with E-state index in [1.807, 2.05) is 42.0 Å². The molecule has 1 heterocycles. The molecule has 0 bridgehead atoms. The monoisotopic (exact) mass is 157 g/mol. The molecule has 0 aliphatic heterocycles. The van der Waals surface area contributed by atoms with Crippen molar-refractivity contribution < 1.29 is 0 Å². The molecule has 2 heteroatoms. The third kappa shape index (κ3) is 1.11. The second-order valence-corrected chi connectivity index (χ2v) is 2.59. The number of nitrogens with zero attached hydrogens (tertiary/aromatic N) is 2. The highest BCUT2D eigenvalue weighted by molar-refractivity contribution is 5.31. The summed E-state index contributed by atoms with van der Waals surface area (Å²) >= 11 is 0. The lowest BCUT2D eigenvalue weighted by atomic mass is 10.3. The molecule has 0 aliphatic rings. The van der Waals surface area contributed by atoms with E-state index in [1.54, 1.807) is 6.20 Å². The summed E-state index contributed by atoms with van der Waals surface area (Å²) in [5.41, 5.74) is 1.03. The van der Waals surface area contributed by atoms with E-state index in [9.17, 15) is 0 Å². The van der Waals surface area contributed by atoms with Crippen LogP contribution in [0, 0.1) is 13.0 Å². The van der Waals surface area contributed by atoms with Crippen molar-refractivity contribution in [3.05, 3.63) is 48.5 Å². The normalized spacial score (nSPS) is 10.1. The SMILES string of the molecule is Cc1nccn1-c1[c]cccc1. The molecule has 2 rings (SSSR count). The largest absolute Gasteiger partial charge is 0.303 e. The minimum atomic E-state index is 0.984.